The fourth-order valence-corrected chi connectivity index (χ4v) is 2.62. The topological polar surface area (TPSA) is 76.3 Å². The Hall–Kier alpha value is -1.56. The Labute approximate surface area is 113 Å². The first kappa shape index (κ1) is 12.5. The van der Waals surface area contributed by atoms with Crippen LogP contribution in [0.2, 0.25) is 0 Å². The lowest BCUT2D eigenvalue weighted by Gasteiger charge is -2.17. The van der Waals surface area contributed by atoms with Crippen LogP contribution in [0.5, 0.6) is 5.88 Å². The van der Waals surface area contributed by atoms with Gasteiger partial charge in [-0.1, -0.05) is 0 Å². The van der Waals surface area contributed by atoms with Gasteiger partial charge in [-0.2, -0.15) is 4.98 Å². The van der Waals surface area contributed by atoms with E-state index in [9.17, 15) is 0 Å². The van der Waals surface area contributed by atoms with Gasteiger partial charge in [0.2, 0.25) is 5.88 Å². The van der Waals surface area contributed by atoms with Crippen LogP contribution in [0.3, 0.4) is 0 Å². The molecule has 0 spiro atoms. The van der Waals surface area contributed by atoms with E-state index in [1.165, 1.54) is 25.7 Å². The molecule has 1 aromatic heterocycles. The highest BCUT2D eigenvalue weighted by Crippen LogP contribution is 2.31. The fourth-order valence-electron chi connectivity index (χ4n) is 2.62. The third-order valence-electron chi connectivity index (χ3n) is 3.75. The van der Waals surface area contributed by atoms with Crippen LogP contribution in [0.25, 0.3) is 0 Å². The molecule has 1 unspecified atom stereocenters. The summed E-state index contributed by atoms with van der Waals surface area (Å²) >= 11 is 0. The van der Waals surface area contributed by atoms with Gasteiger partial charge >= 0.3 is 0 Å². The van der Waals surface area contributed by atoms with Crippen molar-refractivity contribution in [2.24, 2.45) is 0 Å². The number of anilines is 2. The molecule has 0 aromatic carbocycles. The maximum Gasteiger partial charge on any atom is 0.242 e. The molecule has 1 saturated carbocycles. The van der Waals surface area contributed by atoms with Crippen LogP contribution in [0.15, 0.2) is 6.33 Å². The molecule has 3 rings (SSSR count). The molecule has 2 fully saturated rings. The minimum absolute atomic E-state index is 0.423. The van der Waals surface area contributed by atoms with Crippen LogP contribution in [0.1, 0.15) is 26.2 Å². The zero-order chi connectivity index (χ0) is 13.2. The number of likely N-dealkylation sites (tertiary alicyclic amines) is 1. The Kier molecular flexibility index (Phi) is 3.42. The van der Waals surface area contributed by atoms with Gasteiger partial charge in [0, 0.05) is 25.2 Å². The summed E-state index contributed by atoms with van der Waals surface area (Å²) in [6.07, 6.45) is 5.36. The first-order valence-electron chi connectivity index (χ1n) is 7.01. The van der Waals surface area contributed by atoms with Crippen LogP contribution in [-0.4, -0.2) is 46.6 Å². The summed E-state index contributed by atoms with van der Waals surface area (Å²) in [5.74, 6) is 1.16. The van der Waals surface area contributed by atoms with Crippen molar-refractivity contribution in [1.82, 2.24) is 14.9 Å². The largest absolute Gasteiger partial charge is 0.476 e. The normalized spacial score (nSPS) is 23.5. The Morgan fingerprint density at radius 1 is 1.42 bits per heavy atom. The van der Waals surface area contributed by atoms with E-state index in [2.05, 4.69) is 20.2 Å². The molecule has 1 atom stereocenters. The molecular formula is C13H21N5O. The quantitative estimate of drug-likeness (QED) is 0.828. The average Bonchev–Trinajstić information content (AvgIpc) is 3.15. The highest BCUT2D eigenvalue weighted by Gasteiger charge is 2.34. The van der Waals surface area contributed by atoms with Crippen molar-refractivity contribution < 1.29 is 4.74 Å². The standard InChI is InChI=1S/C13H21N5O/c1-2-19-13-11(14)12(15-8-16-13)17-9-5-6-18(7-9)10-3-4-10/h8-10H,2-7,14H2,1H3,(H,15,16,17). The van der Waals surface area contributed by atoms with E-state index in [1.807, 2.05) is 6.92 Å². The number of nitrogen functional groups attached to an aromatic ring is 1. The molecule has 1 aromatic rings. The van der Waals surface area contributed by atoms with Crippen molar-refractivity contribution in [3.05, 3.63) is 6.33 Å². The second kappa shape index (κ2) is 5.21. The average molecular weight is 263 g/mol. The maximum atomic E-state index is 6.03. The predicted octanol–water partition coefficient (Wildman–Crippen LogP) is 1.11. The van der Waals surface area contributed by atoms with Crippen LogP contribution < -0.4 is 15.8 Å². The fraction of sp³-hybridized carbons (Fsp3) is 0.692. The molecule has 19 heavy (non-hydrogen) atoms. The summed E-state index contributed by atoms with van der Waals surface area (Å²) in [4.78, 5) is 10.8. The Balaban J connectivity index is 1.64. The summed E-state index contributed by atoms with van der Waals surface area (Å²) in [6, 6.07) is 1.25. The van der Waals surface area contributed by atoms with E-state index in [0.29, 0.717) is 30.0 Å². The lowest BCUT2D eigenvalue weighted by atomic mass is 10.2. The van der Waals surface area contributed by atoms with Crippen molar-refractivity contribution in [1.29, 1.82) is 0 Å². The predicted molar refractivity (Wildman–Crippen MR) is 74.2 cm³/mol. The Bertz CT molecular complexity index is 449. The van der Waals surface area contributed by atoms with E-state index in [0.717, 1.165) is 19.0 Å². The van der Waals surface area contributed by atoms with E-state index >= 15 is 0 Å². The van der Waals surface area contributed by atoms with Gasteiger partial charge in [-0.15, -0.1) is 0 Å². The zero-order valence-electron chi connectivity index (χ0n) is 11.3. The minimum atomic E-state index is 0.423. The summed E-state index contributed by atoms with van der Waals surface area (Å²) in [7, 11) is 0. The second-order valence-electron chi connectivity index (χ2n) is 5.23. The van der Waals surface area contributed by atoms with Crippen LogP contribution in [0, 0.1) is 0 Å². The maximum absolute atomic E-state index is 6.03. The smallest absolute Gasteiger partial charge is 0.242 e. The summed E-state index contributed by atoms with van der Waals surface area (Å²) in [6.45, 7) is 4.72. The highest BCUT2D eigenvalue weighted by molar-refractivity contribution is 5.66. The summed E-state index contributed by atoms with van der Waals surface area (Å²) in [5, 5.41) is 3.42. The molecular weight excluding hydrogens is 242 g/mol. The molecule has 1 aliphatic heterocycles. The van der Waals surface area contributed by atoms with Crippen molar-refractivity contribution in [3.63, 3.8) is 0 Å². The van der Waals surface area contributed by atoms with Crippen LogP contribution in [-0.2, 0) is 0 Å². The SMILES string of the molecule is CCOc1ncnc(NC2CCN(C3CC3)C2)c1N. The molecule has 0 bridgehead atoms. The zero-order valence-corrected chi connectivity index (χ0v) is 11.3. The summed E-state index contributed by atoms with van der Waals surface area (Å²) < 4.78 is 5.38. The van der Waals surface area contributed by atoms with Gasteiger partial charge in [-0.25, -0.2) is 4.98 Å². The number of aromatic nitrogens is 2. The molecule has 1 saturated heterocycles. The lowest BCUT2D eigenvalue weighted by Crippen LogP contribution is -2.28. The number of ether oxygens (including phenoxy) is 1. The molecule has 2 aliphatic rings. The van der Waals surface area contributed by atoms with Crippen molar-refractivity contribution in [3.8, 4) is 5.88 Å². The van der Waals surface area contributed by atoms with Gasteiger partial charge in [0.15, 0.2) is 5.82 Å². The van der Waals surface area contributed by atoms with Crippen molar-refractivity contribution >= 4 is 11.5 Å². The first-order valence-corrected chi connectivity index (χ1v) is 7.01. The van der Waals surface area contributed by atoms with Crippen LogP contribution >= 0.6 is 0 Å². The lowest BCUT2D eigenvalue weighted by molar-refractivity contribution is 0.325. The third-order valence-corrected chi connectivity index (χ3v) is 3.75. The van der Waals surface area contributed by atoms with Gasteiger partial charge in [0.05, 0.1) is 6.61 Å². The van der Waals surface area contributed by atoms with E-state index in [4.69, 9.17) is 10.5 Å². The van der Waals surface area contributed by atoms with Gasteiger partial charge in [-0.05, 0) is 26.2 Å². The highest BCUT2D eigenvalue weighted by atomic mass is 16.5. The number of hydrogen-bond donors (Lipinski definition) is 2. The summed E-state index contributed by atoms with van der Waals surface area (Å²) in [5.41, 5.74) is 6.54. The first-order chi connectivity index (χ1) is 9.28. The van der Waals surface area contributed by atoms with E-state index < -0.39 is 0 Å². The van der Waals surface area contributed by atoms with Crippen molar-refractivity contribution in [2.45, 2.75) is 38.3 Å². The van der Waals surface area contributed by atoms with Gasteiger partial charge in [-0.3, -0.25) is 4.90 Å². The molecule has 6 heteroatoms. The molecule has 1 aliphatic carbocycles. The molecule has 0 amide bonds. The molecule has 0 radical (unpaired) electrons. The van der Waals surface area contributed by atoms with E-state index in [-0.39, 0.29) is 0 Å². The van der Waals surface area contributed by atoms with Gasteiger partial charge in [0.25, 0.3) is 0 Å². The number of nitrogens with one attached hydrogen (secondary N) is 1. The van der Waals surface area contributed by atoms with Gasteiger partial charge in [0.1, 0.15) is 12.0 Å². The Morgan fingerprint density at radius 3 is 3.00 bits per heavy atom. The Morgan fingerprint density at radius 2 is 2.26 bits per heavy atom. The third kappa shape index (κ3) is 2.73. The molecule has 3 N–H and O–H groups in total. The van der Waals surface area contributed by atoms with E-state index in [1.54, 1.807) is 0 Å². The van der Waals surface area contributed by atoms with Crippen LogP contribution in [0.4, 0.5) is 11.5 Å². The number of rotatable bonds is 5. The van der Waals surface area contributed by atoms with Crippen molar-refractivity contribution in [2.75, 3.05) is 30.7 Å². The van der Waals surface area contributed by atoms with Gasteiger partial charge < -0.3 is 15.8 Å². The second-order valence-corrected chi connectivity index (χ2v) is 5.23. The molecule has 2 heterocycles. The monoisotopic (exact) mass is 263 g/mol. The number of hydrogen-bond acceptors (Lipinski definition) is 6. The molecule has 104 valence electrons. The number of nitrogens with zero attached hydrogens (tertiary/aromatic N) is 3. The molecule has 6 nitrogen and oxygen atoms in total. The number of nitrogens with two attached hydrogens (primary N) is 1. The minimum Gasteiger partial charge on any atom is -0.476 e.